The second-order valence-corrected chi connectivity index (χ2v) is 7.93. The van der Waals surface area contributed by atoms with Crippen molar-refractivity contribution in [3.05, 3.63) is 77.4 Å². The van der Waals surface area contributed by atoms with Crippen molar-refractivity contribution in [2.24, 2.45) is 0 Å². The van der Waals surface area contributed by atoms with Gasteiger partial charge in [0.1, 0.15) is 5.01 Å². The number of aryl methyl sites for hydroxylation is 1. The highest BCUT2D eigenvalue weighted by molar-refractivity contribution is 8.00. The Bertz CT molecular complexity index is 962. The van der Waals surface area contributed by atoms with Crippen molar-refractivity contribution in [2.45, 2.75) is 17.0 Å². The summed E-state index contributed by atoms with van der Waals surface area (Å²) in [6, 6.07) is 20.5. The van der Waals surface area contributed by atoms with Crippen LogP contribution in [0.4, 0.5) is 0 Å². The highest BCUT2D eigenvalue weighted by Crippen LogP contribution is 2.31. The van der Waals surface area contributed by atoms with Crippen LogP contribution in [0.1, 0.15) is 10.6 Å². The van der Waals surface area contributed by atoms with E-state index in [1.807, 2.05) is 48.0 Å². The highest BCUT2D eigenvalue weighted by atomic mass is 32.2. The summed E-state index contributed by atoms with van der Waals surface area (Å²) in [5, 5.41) is 14.1. The van der Waals surface area contributed by atoms with Crippen LogP contribution >= 0.6 is 23.1 Å². The number of benzene rings is 2. The maximum absolute atomic E-state index is 4.84. The molecule has 0 saturated carbocycles. The van der Waals surface area contributed by atoms with Crippen LogP contribution in [0.3, 0.4) is 0 Å². The molecule has 4 aromatic rings. The Morgan fingerprint density at radius 1 is 0.960 bits per heavy atom. The van der Waals surface area contributed by atoms with Crippen LogP contribution in [0.5, 0.6) is 0 Å². The smallest absolute Gasteiger partial charge is 0.174 e. The number of nitrogens with zero attached hydrogens (tertiary/aromatic N) is 4. The molecular weight excluding hydrogens is 348 g/mol. The van der Waals surface area contributed by atoms with E-state index in [0.717, 1.165) is 32.0 Å². The first-order valence-electron chi connectivity index (χ1n) is 7.92. The van der Waals surface area contributed by atoms with Gasteiger partial charge in [0.25, 0.3) is 0 Å². The Balaban J connectivity index is 1.69. The quantitative estimate of drug-likeness (QED) is 0.468. The molecule has 0 saturated heterocycles. The maximum Gasteiger partial charge on any atom is 0.174 e. The van der Waals surface area contributed by atoms with Gasteiger partial charge < -0.3 is 0 Å². The molecule has 0 aliphatic rings. The Kier molecular flexibility index (Phi) is 4.63. The fourth-order valence-corrected chi connectivity index (χ4v) is 4.32. The summed E-state index contributed by atoms with van der Waals surface area (Å²) in [5.74, 6) is 0.811. The lowest BCUT2D eigenvalue weighted by Gasteiger charge is -2.01. The van der Waals surface area contributed by atoms with Crippen molar-refractivity contribution < 1.29 is 0 Å². The van der Waals surface area contributed by atoms with Gasteiger partial charge in [-0.05, 0) is 19.1 Å². The van der Waals surface area contributed by atoms with Crippen LogP contribution in [-0.2, 0) is 5.75 Å². The lowest BCUT2D eigenvalue weighted by Crippen LogP contribution is -1.93. The van der Waals surface area contributed by atoms with E-state index in [0.29, 0.717) is 0 Å². The summed E-state index contributed by atoms with van der Waals surface area (Å²) < 4.78 is 2.94. The molecule has 0 fully saturated rings. The largest absolute Gasteiger partial charge is 0.240 e. The van der Waals surface area contributed by atoms with Crippen molar-refractivity contribution in [3.8, 4) is 16.9 Å². The molecular formula is C19H16N4S2. The minimum atomic E-state index is 0.811. The van der Waals surface area contributed by atoms with Crippen LogP contribution in [-0.4, -0.2) is 20.0 Å². The Morgan fingerprint density at radius 3 is 2.36 bits per heavy atom. The molecule has 2 heterocycles. The van der Waals surface area contributed by atoms with E-state index in [1.54, 1.807) is 23.1 Å². The highest BCUT2D eigenvalue weighted by Gasteiger charge is 2.13. The molecule has 0 spiro atoms. The fourth-order valence-electron chi connectivity index (χ4n) is 2.54. The molecule has 0 aliphatic heterocycles. The minimum Gasteiger partial charge on any atom is -0.240 e. The molecule has 4 nitrogen and oxygen atoms in total. The van der Waals surface area contributed by atoms with E-state index in [4.69, 9.17) is 5.10 Å². The lowest BCUT2D eigenvalue weighted by molar-refractivity contribution is 0.884. The van der Waals surface area contributed by atoms with Gasteiger partial charge in [0.2, 0.25) is 0 Å². The van der Waals surface area contributed by atoms with E-state index in [-0.39, 0.29) is 0 Å². The van der Waals surface area contributed by atoms with Gasteiger partial charge in [-0.15, -0.1) is 10.2 Å². The first-order valence-corrected chi connectivity index (χ1v) is 9.72. The van der Waals surface area contributed by atoms with Gasteiger partial charge in [-0.2, -0.15) is 5.10 Å². The molecule has 4 rings (SSSR count). The molecule has 0 radical (unpaired) electrons. The zero-order valence-corrected chi connectivity index (χ0v) is 15.3. The number of thioether (sulfide) groups is 1. The summed E-state index contributed by atoms with van der Waals surface area (Å²) in [6.07, 6.45) is 2.11. The third-order valence-electron chi connectivity index (χ3n) is 3.72. The van der Waals surface area contributed by atoms with Crippen LogP contribution in [0, 0.1) is 6.92 Å². The number of hydrogen-bond acceptors (Lipinski definition) is 5. The Hall–Kier alpha value is -2.44. The average molecular weight is 364 g/mol. The predicted octanol–water partition coefficient (Wildman–Crippen LogP) is 4.99. The number of rotatable bonds is 5. The Labute approximate surface area is 154 Å². The lowest BCUT2D eigenvalue weighted by atomic mass is 10.1. The van der Waals surface area contributed by atoms with Crippen LogP contribution in [0.25, 0.3) is 16.9 Å². The van der Waals surface area contributed by atoms with Gasteiger partial charge in [0, 0.05) is 23.1 Å². The third kappa shape index (κ3) is 3.65. The van der Waals surface area contributed by atoms with E-state index in [2.05, 4.69) is 40.7 Å². The predicted molar refractivity (Wildman–Crippen MR) is 103 cm³/mol. The summed E-state index contributed by atoms with van der Waals surface area (Å²) in [5.41, 5.74) is 4.38. The molecule has 25 heavy (non-hydrogen) atoms. The minimum absolute atomic E-state index is 0.811. The van der Waals surface area contributed by atoms with E-state index in [1.165, 1.54) is 5.56 Å². The van der Waals surface area contributed by atoms with E-state index >= 15 is 0 Å². The van der Waals surface area contributed by atoms with Gasteiger partial charge in [-0.25, -0.2) is 4.68 Å². The van der Waals surface area contributed by atoms with Gasteiger partial charge in [0.05, 0.1) is 11.4 Å². The summed E-state index contributed by atoms with van der Waals surface area (Å²) >= 11 is 3.33. The first kappa shape index (κ1) is 16.1. The average Bonchev–Trinajstić information content (AvgIpc) is 3.28. The zero-order chi connectivity index (χ0) is 17.1. The number of aromatic nitrogens is 4. The summed E-state index contributed by atoms with van der Waals surface area (Å²) in [7, 11) is 0. The molecule has 0 bridgehead atoms. The topological polar surface area (TPSA) is 43.6 Å². The molecule has 0 atom stereocenters. The molecule has 6 heteroatoms. The molecule has 0 unspecified atom stereocenters. The standard InChI is InChI=1S/C19H16N4S2/c1-14-20-21-19(25-14)24-13-16-12-23(17-10-6-3-7-11-17)22-18(16)15-8-4-2-5-9-15/h2-12H,13H2,1H3. The second-order valence-electron chi connectivity index (χ2n) is 5.52. The van der Waals surface area contributed by atoms with Gasteiger partial charge in [0.15, 0.2) is 4.34 Å². The maximum atomic E-state index is 4.84. The van der Waals surface area contributed by atoms with Crippen LogP contribution in [0.2, 0.25) is 0 Å². The van der Waals surface area contributed by atoms with Crippen molar-refractivity contribution in [1.29, 1.82) is 0 Å². The van der Waals surface area contributed by atoms with Crippen molar-refractivity contribution >= 4 is 23.1 Å². The number of hydrogen-bond donors (Lipinski definition) is 0. The molecule has 0 amide bonds. The summed E-state index contributed by atoms with van der Waals surface area (Å²) in [4.78, 5) is 0. The van der Waals surface area contributed by atoms with Gasteiger partial charge in [-0.3, -0.25) is 0 Å². The zero-order valence-electron chi connectivity index (χ0n) is 13.7. The monoisotopic (exact) mass is 364 g/mol. The molecule has 2 aromatic heterocycles. The molecule has 0 aliphatic carbocycles. The third-order valence-corrected chi connectivity index (χ3v) is 5.74. The first-order chi connectivity index (χ1) is 12.3. The van der Waals surface area contributed by atoms with E-state index in [9.17, 15) is 0 Å². The summed E-state index contributed by atoms with van der Waals surface area (Å²) in [6.45, 7) is 1.98. The van der Waals surface area contributed by atoms with Gasteiger partial charge in [-0.1, -0.05) is 71.6 Å². The van der Waals surface area contributed by atoms with Crippen molar-refractivity contribution in [1.82, 2.24) is 20.0 Å². The SMILES string of the molecule is Cc1nnc(SCc2cn(-c3ccccc3)nc2-c2ccccc2)s1. The van der Waals surface area contributed by atoms with Crippen LogP contribution in [0.15, 0.2) is 71.2 Å². The van der Waals surface area contributed by atoms with E-state index < -0.39 is 0 Å². The molecule has 2 aromatic carbocycles. The normalized spacial score (nSPS) is 10.9. The fraction of sp³-hybridized carbons (Fsp3) is 0.105. The molecule has 0 N–H and O–H groups in total. The molecule has 124 valence electrons. The number of para-hydroxylation sites is 1. The second kappa shape index (κ2) is 7.21. The van der Waals surface area contributed by atoms with Crippen LogP contribution < -0.4 is 0 Å². The van der Waals surface area contributed by atoms with Gasteiger partial charge >= 0.3 is 0 Å². The van der Waals surface area contributed by atoms with Crippen molar-refractivity contribution in [2.75, 3.05) is 0 Å². The van der Waals surface area contributed by atoms with Crippen molar-refractivity contribution in [3.63, 3.8) is 0 Å². The Morgan fingerprint density at radius 2 is 1.68 bits per heavy atom.